The Hall–Kier alpha value is -1.26. The van der Waals surface area contributed by atoms with Crippen molar-refractivity contribution in [3.63, 3.8) is 0 Å². The molecule has 2 rings (SSSR count). The second kappa shape index (κ2) is 5.18. The molecule has 0 bridgehead atoms. The molecule has 0 amide bonds. The molecule has 1 unspecified atom stereocenters. The van der Waals surface area contributed by atoms with Crippen molar-refractivity contribution in [2.24, 2.45) is 5.73 Å². The second-order valence-electron chi connectivity index (χ2n) is 3.40. The van der Waals surface area contributed by atoms with Crippen LogP contribution in [0.5, 0.6) is 0 Å². The van der Waals surface area contributed by atoms with Crippen LogP contribution in [0.15, 0.2) is 52.2 Å². The summed E-state index contributed by atoms with van der Waals surface area (Å²) < 4.78 is 18.3. The van der Waals surface area contributed by atoms with Gasteiger partial charge in [0.05, 0.1) is 12.5 Å². The zero-order chi connectivity index (χ0) is 11.4. The molecule has 0 aliphatic carbocycles. The van der Waals surface area contributed by atoms with Crippen molar-refractivity contribution in [1.29, 1.82) is 0 Å². The Morgan fingerprint density at radius 1 is 1.31 bits per heavy atom. The van der Waals surface area contributed by atoms with Gasteiger partial charge >= 0.3 is 0 Å². The second-order valence-corrected chi connectivity index (χ2v) is 4.47. The quantitative estimate of drug-likeness (QED) is 0.830. The molecular formula is C12H12FNOS. The fourth-order valence-corrected chi connectivity index (χ4v) is 2.26. The van der Waals surface area contributed by atoms with Crippen molar-refractivity contribution in [3.05, 3.63) is 54.2 Å². The predicted octanol–water partition coefficient (Wildman–Crippen LogP) is 3.21. The van der Waals surface area contributed by atoms with Gasteiger partial charge in [0, 0.05) is 22.3 Å². The minimum Gasteiger partial charge on any atom is -0.472 e. The molecule has 0 radical (unpaired) electrons. The maximum absolute atomic E-state index is 13.3. The van der Waals surface area contributed by atoms with Gasteiger partial charge in [-0.05, 0) is 18.2 Å². The highest BCUT2D eigenvalue weighted by Gasteiger charge is 2.09. The summed E-state index contributed by atoms with van der Waals surface area (Å²) in [6.07, 6.45) is 3.20. The molecule has 2 nitrogen and oxygen atoms in total. The van der Waals surface area contributed by atoms with E-state index in [1.165, 1.54) is 17.8 Å². The van der Waals surface area contributed by atoms with Gasteiger partial charge < -0.3 is 10.2 Å². The third kappa shape index (κ3) is 2.65. The summed E-state index contributed by atoms with van der Waals surface area (Å²) in [6, 6.07) is 8.38. The minimum absolute atomic E-state index is 0.136. The van der Waals surface area contributed by atoms with E-state index in [2.05, 4.69) is 0 Å². The van der Waals surface area contributed by atoms with Gasteiger partial charge in [0.15, 0.2) is 0 Å². The number of benzene rings is 1. The van der Waals surface area contributed by atoms with Crippen LogP contribution in [0.1, 0.15) is 11.6 Å². The number of halogens is 1. The lowest BCUT2D eigenvalue weighted by atomic mass is 10.2. The first-order chi connectivity index (χ1) is 7.77. The lowest BCUT2D eigenvalue weighted by Gasteiger charge is -2.09. The highest BCUT2D eigenvalue weighted by Crippen LogP contribution is 2.25. The van der Waals surface area contributed by atoms with Gasteiger partial charge in [-0.3, -0.25) is 0 Å². The molecule has 2 N–H and O–H groups in total. The third-order valence-electron chi connectivity index (χ3n) is 2.23. The van der Waals surface area contributed by atoms with E-state index in [-0.39, 0.29) is 11.9 Å². The predicted molar refractivity (Wildman–Crippen MR) is 62.8 cm³/mol. The van der Waals surface area contributed by atoms with Gasteiger partial charge in [-0.1, -0.05) is 12.1 Å². The third-order valence-corrected chi connectivity index (χ3v) is 3.39. The van der Waals surface area contributed by atoms with E-state index in [0.29, 0.717) is 10.6 Å². The molecule has 2 aromatic rings. The highest BCUT2D eigenvalue weighted by atomic mass is 32.2. The van der Waals surface area contributed by atoms with Crippen molar-refractivity contribution in [3.8, 4) is 0 Å². The average molecular weight is 237 g/mol. The lowest BCUT2D eigenvalue weighted by Crippen LogP contribution is -2.11. The summed E-state index contributed by atoms with van der Waals surface area (Å²) in [4.78, 5) is 0.626. The summed E-state index contributed by atoms with van der Waals surface area (Å²) in [5.41, 5.74) is 6.87. The number of hydrogen-bond acceptors (Lipinski definition) is 3. The van der Waals surface area contributed by atoms with Crippen LogP contribution in [0.25, 0.3) is 0 Å². The van der Waals surface area contributed by atoms with Crippen LogP contribution in [0.4, 0.5) is 4.39 Å². The molecule has 0 aliphatic rings. The fraction of sp³-hybridized carbons (Fsp3) is 0.167. The van der Waals surface area contributed by atoms with Gasteiger partial charge in [-0.25, -0.2) is 4.39 Å². The lowest BCUT2D eigenvalue weighted by molar-refractivity contribution is 0.561. The first kappa shape index (κ1) is 11.2. The zero-order valence-electron chi connectivity index (χ0n) is 8.60. The Labute approximate surface area is 97.6 Å². The molecule has 84 valence electrons. The molecular weight excluding hydrogens is 225 g/mol. The Bertz CT molecular complexity index is 444. The van der Waals surface area contributed by atoms with Gasteiger partial charge in [0.1, 0.15) is 5.82 Å². The van der Waals surface area contributed by atoms with Crippen molar-refractivity contribution >= 4 is 11.8 Å². The van der Waals surface area contributed by atoms with Crippen LogP contribution in [0.3, 0.4) is 0 Å². The summed E-state index contributed by atoms with van der Waals surface area (Å²) in [7, 11) is 0. The zero-order valence-corrected chi connectivity index (χ0v) is 9.41. The fourth-order valence-electron chi connectivity index (χ4n) is 1.32. The molecule has 1 aromatic heterocycles. The van der Waals surface area contributed by atoms with Crippen LogP contribution >= 0.6 is 11.8 Å². The molecule has 16 heavy (non-hydrogen) atoms. The minimum atomic E-state index is -0.202. The summed E-state index contributed by atoms with van der Waals surface area (Å²) in [5.74, 6) is 0.424. The summed E-state index contributed by atoms with van der Waals surface area (Å²) in [5, 5.41) is 0. The highest BCUT2D eigenvalue weighted by molar-refractivity contribution is 7.99. The Kier molecular flexibility index (Phi) is 3.64. The van der Waals surface area contributed by atoms with E-state index >= 15 is 0 Å². The molecule has 0 saturated heterocycles. The number of furan rings is 1. The Morgan fingerprint density at radius 2 is 2.12 bits per heavy atom. The molecule has 1 atom stereocenters. The topological polar surface area (TPSA) is 39.2 Å². The number of rotatable bonds is 4. The summed E-state index contributed by atoms with van der Waals surface area (Å²) >= 11 is 1.41. The summed E-state index contributed by atoms with van der Waals surface area (Å²) in [6.45, 7) is 0. The van der Waals surface area contributed by atoms with Crippen LogP contribution in [0, 0.1) is 5.82 Å². The SMILES string of the molecule is NC(CSc1ccccc1F)c1ccoc1. The van der Waals surface area contributed by atoms with Crippen LogP contribution < -0.4 is 5.73 Å². The molecule has 0 saturated carbocycles. The molecule has 0 fully saturated rings. The van der Waals surface area contributed by atoms with Crippen molar-refractivity contribution in [1.82, 2.24) is 0 Å². The van der Waals surface area contributed by atoms with E-state index < -0.39 is 0 Å². The first-order valence-corrected chi connectivity index (χ1v) is 5.91. The first-order valence-electron chi connectivity index (χ1n) is 4.92. The average Bonchev–Trinajstić information content (AvgIpc) is 2.81. The Balaban J connectivity index is 1.95. The number of thioether (sulfide) groups is 1. The van der Waals surface area contributed by atoms with Gasteiger partial charge in [0.2, 0.25) is 0 Å². The molecule has 1 heterocycles. The van der Waals surface area contributed by atoms with Crippen molar-refractivity contribution < 1.29 is 8.81 Å². The van der Waals surface area contributed by atoms with E-state index in [4.69, 9.17) is 10.2 Å². The smallest absolute Gasteiger partial charge is 0.136 e. The largest absolute Gasteiger partial charge is 0.472 e. The Morgan fingerprint density at radius 3 is 2.81 bits per heavy atom. The van der Waals surface area contributed by atoms with Gasteiger partial charge in [-0.2, -0.15) is 0 Å². The molecule has 0 aliphatic heterocycles. The van der Waals surface area contributed by atoms with E-state index in [1.54, 1.807) is 24.7 Å². The van der Waals surface area contributed by atoms with Crippen LogP contribution in [0.2, 0.25) is 0 Å². The normalized spacial score (nSPS) is 12.6. The van der Waals surface area contributed by atoms with Crippen LogP contribution in [-0.2, 0) is 0 Å². The van der Waals surface area contributed by atoms with Gasteiger partial charge in [-0.15, -0.1) is 11.8 Å². The van der Waals surface area contributed by atoms with Crippen molar-refractivity contribution in [2.45, 2.75) is 10.9 Å². The van der Waals surface area contributed by atoms with E-state index in [9.17, 15) is 4.39 Å². The molecule has 0 spiro atoms. The van der Waals surface area contributed by atoms with Gasteiger partial charge in [0.25, 0.3) is 0 Å². The molecule has 4 heteroatoms. The standard InChI is InChI=1S/C12H12FNOS/c13-10-3-1-2-4-12(10)16-8-11(14)9-5-6-15-7-9/h1-7,11H,8,14H2. The monoisotopic (exact) mass is 237 g/mol. The molecule has 1 aromatic carbocycles. The van der Waals surface area contributed by atoms with Crippen molar-refractivity contribution in [2.75, 3.05) is 5.75 Å². The van der Waals surface area contributed by atoms with E-state index in [0.717, 1.165) is 5.56 Å². The van der Waals surface area contributed by atoms with E-state index in [1.807, 2.05) is 12.1 Å². The van der Waals surface area contributed by atoms with Crippen LogP contribution in [-0.4, -0.2) is 5.75 Å². The maximum atomic E-state index is 13.3. The number of hydrogen-bond donors (Lipinski definition) is 1. The number of nitrogens with two attached hydrogens (primary N) is 1. The maximum Gasteiger partial charge on any atom is 0.136 e.